The van der Waals surface area contributed by atoms with Gasteiger partial charge >= 0.3 is 0 Å². The van der Waals surface area contributed by atoms with Crippen LogP contribution in [-0.2, 0) is 23.7 Å². The third-order valence-corrected chi connectivity index (χ3v) is 5.57. The number of carbonyl (C=O) groups excluding carboxylic acids is 1. The fourth-order valence-electron chi connectivity index (χ4n) is 3.49. The molecule has 0 spiro atoms. The molecule has 0 aliphatic carbocycles. The van der Waals surface area contributed by atoms with Gasteiger partial charge in [0.05, 0.1) is 19.3 Å². The van der Waals surface area contributed by atoms with Crippen LogP contribution in [0.25, 0.3) is 0 Å². The lowest BCUT2D eigenvalue weighted by atomic mass is 9.97. The lowest BCUT2D eigenvalue weighted by Gasteiger charge is -2.46. The molecule has 2 aliphatic heterocycles. The van der Waals surface area contributed by atoms with Crippen LogP contribution in [0.1, 0.15) is 6.92 Å². The molecule has 15 nitrogen and oxygen atoms in total. The van der Waals surface area contributed by atoms with Crippen molar-refractivity contribution in [3.63, 3.8) is 0 Å². The Labute approximate surface area is 187 Å². The minimum atomic E-state index is -1.94. The molecule has 0 aromatic heterocycles. The molecule has 33 heavy (non-hydrogen) atoms. The second-order valence-corrected chi connectivity index (χ2v) is 7.96. The van der Waals surface area contributed by atoms with Crippen molar-refractivity contribution in [2.75, 3.05) is 13.2 Å². The molecule has 2 fully saturated rings. The van der Waals surface area contributed by atoms with Crippen molar-refractivity contribution in [3.8, 4) is 0 Å². The summed E-state index contributed by atoms with van der Waals surface area (Å²) in [7, 11) is 0. The molecule has 0 saturated carbocycles. The zero-order chi connectivity index (χ0) is 25.0. The summed E-state index contributed by atoms with van der Waals surface area (Å²) in [5.74, 6) is 0. The van der Waals surface area contributed by atoms with Crippen LogP contribution in [0, 0.1) is 0 Å². The molecule has 0 amide bonds. The summed E-state index contributed by atoms with van der Waals surface area (Å²) in [5.41, 5.74) is 0. The van der Waals surface area contributed by atoms with Gasteiger partial charge in [-0.1, -0.05) is 0 Å². The van der Waals surface area contributed by atoms with Gasteiger partial charge in [0.25, 0.3) is 0 Å². The highest BCUT2D eigenvalue weighted by Crippen LogP contribution is 2.30. The molecule has 0 unspecified atom stereocenters. The van der Waals surface area contributed by atoms with Crippen molar-refractivity contribution >= 4 is 6.29 Å². The summed E-state index contributed by atoms with van der Waals surface area (Å²) in [4.78, 5) is 11.4. The summed E-state index contributed by atoms with van der Waals surface area (Å²) in [6.45, 7) is -0.448. The van der Waals surface area contributed by atoms with Crippen LogP contribution in [0.4, 0.5) is 0 Å². The average molecular weight is 488 g/mol. The van der Waals surface area contributed by atoms with Gasteiger partial charge in [-0.05, 0) is 6.92 Å². The Balaban J connectivity index is 2.20. The van der Waals surface area contributed by atoms with E-state index in [0.29, 0.717) is 0 Å². The van der Waals surface area contributed by atoms with E-state index in [4.69, 9.17) is 18.9 Å². The maximum atomic E-state index is 11.4. The molecule has 2 aliphatic rings. The maximum Gasteiger partial charge on any atom is 0.187 e. The molecular weight excluding hydrogens is 456 g/mol. The average Bonchev–Trinajstić information content (AvgIpc) is 2.80. The molecule has 2 saturated heterocycles. The fraction of sp³-hybridized carbons (Fsp3) is 0.944. The molecule has 0 aromatic carbocycles. The highest BCUT2D eigenvalue weighted by Gasteiger charge is 2.51. The lowest BCUT2D eigenvalue weighted by molar-refractivity contribution is -0.364. The van der Waals surface area contributed by atoms with Gasteiger partial charge < -0.3 is 74.8 Å². The van der Waals surface area contributed by atoms with E-state index in [1.54, 1.807) is 0 Å². The van der Waals surface area contributed by atoms with Crippen LogP contribution in [-0.4, -0.2) is 156 Å². The zero-order valence-electron chi connectivity index (χ0n) is 17.6. The summed E-state index contributed by atoms with van der Waals surface area (Å²) < 4.78 is 21.0. The van der Waals surface area contributed by atoms with E-state index in [-0.39, 0.29) is 6.29 Å². The Morgan fingerprint density at radius 3 is 1.85 bits per heavy atom. The van der Waals surface area contributed by atoms with Crippen LogP contribution in [0.2, 0.25) is 0 Å². The first-order chi connectivity index (χ1) is 15.5. The third-order valence-electron chi connectivity index (χ3n) is 5.57. The first-order valence-corrected chi connectivity index (χ1v) is 10.2. The molecule has 0 radical (unpaired) electrons. The second kappa shape index (κ2) is 12.2. The Hall–Kier alpha value is -0.890. The Bertz CT molecular complexity index is 605. The van der Waals surface area contributed by atoms with Crippen molar-refractivity contribution in [2.24, 2.45) is 0 Å². The van der Waals surface area contributed by atoms with Crippen LogP contribution in [0.5, 0.6) is 0 Å². The summed E-state index contributed by atoms with van der Waals surface area (Å²) in [5, 5.41) is 98.9. The van der Waals surface area contributed by atoms with Crippen molar-refractivity contribution < 1.29 is 74.8 Å². The number of ether oxygens (including phenoxy) is 4. The first kappa shape index (κ1) is 28.3. The Morgan fingerprint density at radius 2 is 1.33 bits per heavy atom. The first-order valence-electron chi connectivity index (χ1n) is 10.2. The smallest absolute Gasteiger partial charge is 0.187 e. The van der Waals surface area contributed by atoms with E-state index in [1.165, 1.54) is 0 Å². The molecule has 194 valence electrons. The van der Waals surface area contributed by atoms with Gasteiger partial charge in [-0.2, -0.15) is 0 Å². The van der Waals surface area contributed by atoms with E-state index in [2.05, 4.69) is 0 Å². The van der Waals surface area contributed by atoms with Gasteiger partial charge in [-0.15, -0.1) is 0 Å². The molecular formula is C18H32O15. The van der Waals surface area contributed by atoms with E-state index in [0.717, 1.165) is 6.92 Å². The monoisotopic (exact) mass is 488 g/mol. The van der Waals surface area contributed by atoms with Crippen molar-refractivity contribution in [1.29, 1.82) is 0 Å². The fourth-order valence-corrected chi connectivity index (χ4v) is 3.49. The molecule has 0 bridgehead atoms. The number of hydrogen-bond donors (Lipinski definition) is 10. The predicted molar refractivity (Wildman–Crippen MR) is 101 cm³/mol. The van der Waals surface area contributed by atoms with Gasteiger partial charge in [-0.25, -0.2) is 0 Å². The van der Waals surface area contributed by atoms with Crippen LogP contribution < -0.4 is 0 Å². The van der Waals surface area contributed by atoms with Gasteiger partial charge in [0, 0.05) is 0 Å². The molecule has 10 N–H and O–H groups in total. The van der Waals surface area contributed by atoms with Crippen molar-refractivity contribution in [1.82, 2.24) is 0 Å². The predicted octanol–water partition coefficient (Wildman–Crippen LogP) is -6.70. The zero-order valence-corrected chi connectivity index (χ0v) is 17.6. The standard InChI is InChI=1S/C18H32O15/c1-5(22)9(23)10(24)6(2-19)31-18-15(29)16(12(26)8(4-21)32-18)33-17-14(28)13(27)11(25)7(3-20)30-17/h2,5-18,20-29H,3-4H2,1H3/t5-,6-,7+,8+,9-,10-,11+,12-,13-,14+,15+,16-,17+,18+/m0/s1. The number of rotatable bonds is 10. The van der Waals surface area contributed by atoms with E-state index < -0.39 is 99.0 Å². The Kier molecular flexibility index (Phi) is 10.5. The topological polar surface area (TPSA) is 256 Å². The van der Waals surface area contributed by atoms with Crippen molar-refractivity contribution in [2.45, 2.75) is 92.8 Å². The van der Waals surface area contributed by atoms with E-state index >= 15 is 0 Å². The normalized spacial score (nSPS) is 43.5. The maximum absolute atomic E-state index is 11.4. The van der Waals surface area contributed by atoms with Crippen molar-refractivity contribution in [3.05, 3.63) is 0 Å². The minimum absolute atomic E-state index is 0.0682. The van der Waals surface area contributed by atoms with Gasteiger partial charge in [0.1, 0.15) is 67.1 Å². The highest BCUT2D eigenvalue weighted by molar-refractivity contribution is 5.57. The molecule has 2 heterocycles. The summed E-state index contributed by atoms with van der Waals surface area (Å²) in [6.07, 6.45) is -24.1. The van der Waals surface area contributed by atoms with Crippen LogP contribution in [0.15, 0.2) is 0 Å². The number of aliphatic hydroxyl groups is 10. The molecule has 0 aromatic rings. The third kappa shape index (κ3) is 6.22. The number of aldehydes is 1. The quantitative estimate of drug-likeness (QED) is 0.128. The number of carbonyl (C=O) groups is 1. The number of hydrogen-bond acceptors (Lipinski definition) is 15. The lowest BCUT2D eigenvalue weighted by Crippen LogP contribution is -2.65. The van der Waals surface area contributed by atoms with Gasteiger partial charge in [0.15, 0.2) is 18.9 Å². The van der Waals surface area contributed by atoms with E-state index in [1.807, 2.05) is 0 Å². The second-order valence-electron chi connectivity index (χ2n) is 7.96. The largest absolute Gasteiger partial charge is 0.394 e. The number of aliphatic hydroxyl groups excluding tert-OH is 10. The van der Waals surface area contributed by atoms with Gasteiger partial charge in [-0.3, -0.25) is 0 Å². The van der Waals surface area contributed by atoms with E-state index in [9.17, 15) is 55.9 Å². The summed E-state index contributed by atoms with van der Waals surface area (Å²) >= 11 is 0. The van der Waals surface area contributed by atoms with Crippen LogP contribution >= 0.6 is 0 Å². The molecule has 14 atom stereocenters. The SMILES string of the molecule is C[C@H](O)[C@H](O)[C@@H](O)[C@H](C=O)O[C@@H]1O[C@H](CO)[C@H](O)[C@H](O[C@H]2O[C@H](CO)[C@@H](O)[C@H](O)[C@H]2O)[C@H]1O. The Morgan fingerprint density at radius 1 is 0.788 bits per heavy atom. The highest BCUT2D eigenvalue weighted by atomic mass is 16.7. The van der Waals surface area contributed by atoms with Crippen LogP contribution in [0.3, 0.4) is 0 Å². The summed E-state index contributed by atoms with van der Waals surface area (Å²) in [6, 6.07) is 0. The minimum Gasteiger partial charge on any atom is -0.394 e. The van der Waals surface area contributed by atoms with Gasteiger partial charge in [0.2, 0.25) is 0 Å². The molecule has 15 heteroatoms. The molecule has 2 rings (SSSR count).